The highest BCUT2D eigenvalue weighted by Gasteiger charge is 2.63. The van der Waals surface area contributed by atoms with Crippen LogP contribution in [0.1, 0.15) is 51.9 Å². The first kappa shape index (κ1) is 15.3. The lowest BCUT2D eigenvalue weighted by molar-refractivity contribution is -0.172. The fraction of sp³-hybridized carbons (Fsp3) is 0.812. The third-order valence-electron chi connectivity index (χ3n) is 6.22. The summed E-state index contributed by atoms with van der Waals surface area (Å²) in [5.74, 6) is -1.23. The Morgan fingerprint density at radius 2 is 1.50 bits per heavy atom. The Kier molecular flexibility index (Phi) is 3.45. The van der Waals surface area contributed by atoms with Crippen LogP contribution in [0.2, 0.25) is 0 Å². The largest absolute Gasteiger partial charge is 0.481 e. The van der Waals surface area contributed by atoms with E-state index >= 15 is 0 Å². The zero-order chi connectivity index (χ0) is 16.1. The van der Waals surface area contributed by atoms with Crippen LogP contribution in [0.15, 0.2) is 0 Å². The van der Waals surface area contributed by atoms with Crippen molar-refractivity contribution in [2.45, 2.75) is 57.4 Å². The Bertz CT molecular complexity index is 495. The Labute approximate surface area is 129 Å². The van der Waals surface area contributed by atoms with Gasteiger partial charge in [-0.1, -0.05) is 0 Å². The van der Waals surface area contributed by atoms with Gasteiger partial charge in [0.2, 0.25) is 5.91 Å². The van der Waals surface area contributed by atoms with Crippen molar-refractivity contribution < 1.29 is 24.6 Å². The van der Waals surface area contributed by atoms with Gasteiger partial charge in [-0.15, -0.1) is 0 Å². The molecule has 122 valence electrons. The molecule has 0 aromatic rings. The summed E-state index contributed by atoms with van der Waals surface area (Å²) in [4.78, 5) is 34.3. The van der Waals surface area contributed by atoms with Crippen LogP contribution in [-0.4, -0.2) is 33.6 Å². The summed E-state index contributed by atoms with van der Waals surface area (Å²) in [5.41, 5.74) is -0.876. The number of carbonyl (C=O) groups is 3. The normalized spacial score (nSPS) is 37.8. The molecule has 0 saturated heterocycles. The van der Waals surface area contributed by atoms with Crippen molar-refractivity contribution in [1.82, 2.24) is 5.32 Å². The van der Waals surface area contributed by atoms with Gasteiger partial charge in [0.15, 0.2) is 0 Å². The quantitative estimate of drug-likeness (QED) is 0.716. The zero-order valence-corrected chi connectivity index (χ0v) is 12.8. The van der Waals surface area contributed by atoms with Crippen LogP contribution in [0, 0.1) is 23.2 Å². The van der Waals surface area contributed by atoms with Crippen LogP contribution in [0.5, 0.6) is 0 Å². The molecule has 4 fully saturated rings. The molecule has 0 heterocycles. The van der Waals surface area contributed by atoms with Gasteiger partial charge in [0.05, 0.1) is 12.8 Å². The summed E-state index contributed by atoms with van der Waals surface area (Å²) in [6.07, 6.45) is 4.06. The Morgan fingerprint density at radius 3 is 1.91 bits per heavy atom. The molecule has 4 saturated carbocycles. The van der Waals surface area contributed by atoms with Gasteiger partial charge in [0.1, 0.15) is 0 Å². The van der Waals surface area contributed by atoms with Gasteiger partial charge in [-0.05, 0) is 55.3 Å². The molecule has 6 heteroatoms. The van der Waals surface area contributed by atoms with E-state index in [0.29, 0.717) is 5.92 Å². The zero-order valence-electron chi connectivity index (χ0n) is 12.8. The van der Waals surface area contributed by atoms with Crippen molar-refractivity contribution >= 4 is 17.8 Å². The van der Waals surface area contributed by atoms with Crippen molar-refractivity contribution in [3.63, 3.8) is 0 Å². The number of carboxylic acids is 2. The second kappa shape index (κ2) is 4.96. The summed E-state index contributed by atoms with van der Waals surface area (Å²) in [7, 11) is 0. The molecule has 0 spiro atoms. The van der Waals surface area contributed by atoms with Gasteiger partial charge in [0.25, 0.3) is 0 Å². The first-order chi connectivity index (χ1) is 10.2. The number of amides is 1. The molecule has 2 atom stereocenters. The third kappa shape index (κ3) is 2.38. The number of rotatable bonds is 5. The molecule has 1 amide bonds. The second-order valence-corrected chi connectivity index (χ2v) is 7.68. The van der Waals surface area contributed by atoms with E-state index in [-0.39, 0.29) is 36.1 Å². The van der Waals surface area contributed by atoms with Crippen LogP contribution in [0.4, 0.5) is 0 Å². The van der Waals surface area contributed by atoms with Crippen molar-refractivity contribution in [2.24, 2.45) is 23.2 Å². The van der Waals surface area contributed by atoms with Gasteiger partial charge < -0.3 is 15.5 Å². The molecular formula is C16H23NO5. The van der Waals surface area contributed by atoms with E-state index in [1.165, 1.54) is 6.92 Å². The molecule has 22 heavy (non-hydrogen) atoms. The van der Waals surface area contributed by atoms with Crippen LogP contribution in [-0.2, 0) is 14.4 Å². The van der Waals surface area contributed by atoms with E-state index in [2.05, 4.69) is 5.32 Å². The summed E-state index contributed by atoms with van der Waals surface area (Å²) >= 11 is 0. The molecule has 0 radical (unpaired) electrons. The molecule has 2 unspecified atom stereocenters. The Hall–Kier alpha value is -1.59. The van der Waals surface area contributed by atoms with E-state index < -0.39 is 17.4 Å². The van der Waals surface area contributed by atoms with Crippen LogP contribution < -0.4 is 5.32 Å². The average Bonchev–Trinajstić information content (AvgIpc) is 2.31. The lowest BCUT2D eigenvalue weighted by atomic mass is 9.41. The average molecular weight is 309 g/mol. The minimum atomic E-state index is -0.915. The van der Waals surface area contributed by atoms with E-state index in [1.807, 2.05) is 0 Å². The predicted molar refractivity (Wildman–Crippen MR) is 77.0 cm³/mol. The smallest absolute Gasteiger partial charge is 0.303 e. The fourth-order valence-electron chi connectivity index (χ4n) is 5.92. The highest BCUT2D eigenvalue weighted by atomic mass is 16.4. The monoisotopic (exact) mass is 309 g/mol. The lowest BCUT2D eigenvalue weighted by Crippen LogP contribution is -2.66. The van der Waals surface area contributed by atoms with Crippen molar-refractivity contribution in [2.75, 3.05) is 0 Å². The molecule has 6 nitrogen and oxygen atoms in total. The summed E-state index contributed by atoms with van der Waals surface area (Å²) in [6, 6.07) is 0. The van der Waals surface area contributed by atoms with Gasteiger partial charge in [-0.25, -0.2) is 0 Å². The van der Waals surface area contributed by atoms with Crippen LogP contribution in [0.25, 0.3) is 0 Å². The Morgan fingerprint density at radius 1 is 1.00 bits per heavy atom. The molecular weight excluding hydrogens is 286 g/mol. The van der Waals surface area contributed by atoms with Crippen molar-refractivity contribution in [1.29, 1.82) is 0 Å². The maximum Gasteiger partial charge on any atom is 0.303 e. The summed E-state index contributed by atoms with van der Waals surface area (Å²) in [5, 5.41) is 21.7. The molecule has 4 rings (SSSR count). The minimum absolute atomic E-state index is 0.0518. The van der Waals surface area contributed by atoms with Gasteiger partial charge >= 0.3 is 11.9 Å². The number of aliphatic carboxylic acids is 2. The van der Waals surface area contributed by atoms with Crippen LogP contribution >= 0.6 is 0 Å². The molecule has 0 aromatic carbocycles. The first-order valence-electron chi connectivity index (χ1n) is 7.97. The van der Waals surface area contributed by atoms with Crippen molar-refractivity contribution in [3.8, 4) is 0 Å². The third-order valence-corrected chi connectivity index (χ3v) is 6.22. The Balaban J connectivity index is 1.93. The number of carboxylic acid groups (broad SMARTS) is 2. The van der Waals surface area contributed by atoms with Gasteiger partial charge in [-0.2, -0.15) is 0 Å². The number of hydrogen-bond donors (Lipinski definition) is 3. The first-order valence-corrected chi connectivity index (χ1v) is 7.97. The standard InChI is InChI=1S/C16H23NO5/c1-9(18)17-15-4-10-2-11(5-15)16(7-13(19)20,8-14(21)22)12(3-10)6-15/h10-12H,2-8H2,1H3,(H,17,18)(H,19,20)(H,21,22). The van der Waals surface area contributed by atoms with E-state index in [4.69, 9.17) is 0 Å². The number of carbonyl (C=O) groups excluding carboxylic acids is 1. The van der Waals surface area contributed by atoms with Crippen molar-refractivity contribution in [3.05, 3.63) is 0 Å². The molecule has 4 aliphatic carbocycles. The van der Waals surface area contributed by atoms with Crippen LogP contribution in [0.3, 0.4) is 0 Å². The summed E-state index contributed by atoms with van der Waals surface area (Å²) in [6.45, 7) is 1.51. The molecule has 3 N–H and O–H groups in total. The maximum absolute atomic E-state index is 11.5. The van der Waals surface area contributed by atoms with E-state index in [9.17, 15) is 24.6 Å². The topological polar surface area (TPSA) is 104 Å². The van der Waals surface area contributed by atoms with Gasteiger partial charge in [-0.3, -0.25) is 14.4 Å². The van der Waals surface area contributed by atoms with E-state index in [1.54, 1.807) is 0 Å². The highest BCUT2D eigenvalue weighted by Crippen LogP contribution is 2.65. The number of hydrogen-bond acceptors (Lipinski definition) is 3. The minimum Gasteiger partial charge on any atom is -0.481 e. The second-order valence-electron chi connectivity index (χ2n) is 7.68. The summed E-state index contributed by atoms with van der Waals surface area (Å²) < 4.78 is 0. The highest BCUT2D eigenvalue weighted by molar-refractivity contribution is 5.74. The predicted octanol–water partition coefficient (Wildman–Crippen LogP) is 1.64. The fourth-order valence-corrected chi connectivity index (χ4v) is 5.92. The van der Waals surface area contributed by atoms with Gasteiger partial charge in [0, 0.05) is 12.5 Å². The number of nitrogens with one attached hydrogen (secondary N) is 1. The maximum atomic E-state index is 11.5. The molecule has 4 aliphatic rings. The van der Waals surface area contributed by atoms with E-state index in [0.717, 1.165) is 32.1 Å². The molecule has 0 aliphatic heterocycles. The SMILES string of the molecule is CC(=O)NC12CC3CC(C1)C(CC(=O)O)(CC(=O)O)C(C3)C2. The molecule has 4 bridgehead atoms. The molecule has 0 aromatic heterocycles. The lowest BCUT2D eigenvalue weighted by Gasteiger charge is -2.65.